The van der Waals surface area contributed by atoms with Gasteiger partial charge in [0.15, 0.2) is 0 Å². The van der Waals surface area contributed by atoms with Crippen molar-refractivity contribution in [3.05, 3.63) is 39.9 Å². The standard InChI is InChI=1S/C19H19F2N3O3/c20-11-3-9-13(5-14(11)23-7-16(22)19(8-23)1-2-19)24(15-4-12(15)21)6-10(17(9)25)18(26)27/h3,5-6,12,15-16H,1-2,4,7-8,22H2,(H,26,27)/t12-,15+,16?/m0/s1. The number of hydrogen-bond acceptors (Lipinski definition) is 4. The Labute approximate surface area is 153 Å². The Balaban J connectivity index is 1.69. The van der Waals surface area contributed by atoms with Gasteiger partial charge in [0.25, 0.3) is 0 Å². The van der Waals surface area contributed by atoms with Crippen LogP contribution in [0, 0.1) is 11.2 Å². The van der Waals surface area contributed by atoms with Crippen molar-refractivity contribution in [3.8, 4) is 0 Å². The highest BCUT2D eigenvalue weighted by Gasteiger charge is 2.53. The Morgan fingerprint density at radius 2 is 2.04 bits per heavy atom. The van der Waals surface area contributed by atoms with Gasteiger partial charge < -0.3 is 20.3 Å². The van der Waals surface area contributed by atoms with Crippen LogP contribution in [-0.4, -0.2) is 40.9 Å². The lowest BCUT2D eigenvalue weighted by molar-refractivity contribution is 0.0694. The van der Waals surface area contributed by atoms with Crippen molar-refractivity contribution >= 4 is 22.6 Å². The molecule has 0 radical (unpaired) electrons. The molecule has 8 heteroatoms. The van der Waals surface area contributed by atoms with Gasteiger partial charge in [-0.25, -0.2) is 13.6 Å². The second kappa shape index (κ2) is 5.28. The minimum Gasteiger partial charge on any atom is -0.477 e. The van der Waals surface area contributed by atoms with Crippen LogP contribution < -0.4 is 16.1 Å². The van der Waals surface area contributed by atoms with E-state index in [2.05, 4.69) is 0 Å². The summed E-state index contributed by atoms with van der Waals surface area (Å²) in [5.41, 5.74) is 5.72. The van der Waals surface area contributed by atoms with Crippen LogP contribution in [0.1, 0.15) is 35.7 Å². The molecule has 1 aromatic heterocycles. The van der Waals surface area contributed by atoms with Crippen LogP contribution in [0.3, 0.4) is 0 Å². The zero-order valence-electron chi connectivity index (χ0n) is 14.5. The van der Waals surface area contributed by atoms with E-state index in [4.69, 9.17) is 5.73 Å². The number of nitrogens with two attached hydrogens (primary N) is 1. The molecule has 3 N–H and O–H groups in total. The number of aromatic nitrogens is 1. The van der Waals surface area contributed by atoms with Gasteiger partial charge in [0, 0.05) is 42.6 Å². The number of nitrogens with zero attached hydrogens (tertiary/aromatic N) is 2. The van der Waals surface area contributed by atoms with Gasteiger partial charge in [-0.3, -0.25) is 4.79 Å². The van der Waals surface area contributed by atoms with E-state index in [-0.39, 0.29) is 23.3 Å². The van der Waals surface area contributed by atoms with Crippen molar-refractivity contribution in [2.45, 2.75) is 37.5 Å². The van der Waals surface area contributed by atoms with E-state index in [1.54, 1.807) is 0 Å². The third kappa shape index (κ3) is 2.39. The maximum Gasteiger partial charge on any atom is 0.341 e. The first-order valence-electron chi connectivity index (χ1n) is 9.07. The Kier molecular flexibility index (Phi) is 3.26. The van der Waals surface area contributed by atoms with E-state index in [9.17, 15) is 23.5 Å². The fraction of sp³-hybridized carbons (Fsp3) is 0.474. The van der Waals surface area contributed by atoms with E-state index in [0.29, 0.717) is 24.3 Å². The minimum absolute atomic E-state index is 0.0252. The van der Waals surface area contributed by atoms with E-state index in [1.165, 1.54) is 16.8 Å². The lowest BCUT2D eigenvalue weighted by Crippen LogP contribution is -2.30. The summed E-state index contributed by atoms with van der Waals surface area (Å²) < 4.78 is 30.0. The van der Waals surface area contributed by atoms with Crippen molar-refractivity contribution < 1.29 is 18.7 Å². The van der Waals surface area contributed by atoms with Gasteiger partial charge in [-0.1, -0.05) is 0 Å². The molecule has 1 unspecified atom stereocenters. The molecule has 5 rings (SSSR count). The first-order chi connectivity index (χ1) is 12.8. The zero-order chi connectivity index (χ0) is 19.1. The summed E-state index contributed by atoms with van der Waals surface area (Å²) in [6, 6.07) is 2.06. The quantitative estimate of drug-likeness (QED) is 0.857. The second-order valence-corrected chi connectivity index (χ2v) is 8.07. The van der Waals surface area contributed by atoms with Crippen LogP contribution in [0.15, 0.2) is 23.1 Å². The Hall–Kier alpha value is -2.48. The highest BCUT2D eigenvalue weighted by atomic mass is 19.1. The molecule has 3 aliphatic rings. The number of pyridine rings is 1. The van der Waals surface area contributed by atoms with Gasteiger partial charge in [-0.2, -0.15) is 0 Å². The predicted octanol–water partition coefficient (Wildman–Crippen LogP) is 2.05. The first kappa shape index (κ1) is 16.7. The first-order valence-corrected chi connectivity index (χ1v) is 9.07. The van der Waals surface area contributed by atoms with E-state index in [0.717, 1.165) is 18.9 Å². The maximum atomic E-state index is 14.9. The molecule has 0 amide bonds. The average molecular weight is 375 g/mol. The third-order valence-electron chi connectivity index (χ3n) is 6.31. The number of hydrogen-bond donors (Lipinski definition) is 2. The van der Waals surface area contributed by atoms with Crippen molar-refractivity contribution in [1.29, 1.82) is 0 Å². The number of carboxylic acid groups (broad SMARTS) is 1. The Bertz CT molecular complexity index is 1050. The molecule has 1 aromatic carbocycles. The smallest absolute Gasteiger partial charge is 0.341 e. The van der Waals surface area contributed by atoms with Gasteiger partial charge in [-0.15, -0.1) is 0 Å². The highest BCUT2D eigenvalue weighted by Crippen LogP contribution is 2.53. The van der Waals surface area contributed by atoms with E-state index >= 15 is 0 Å². The number of carboxylic acids is 1. The molecule has 2 aromatic rings. The van der Waals surface area contributed by atoms with Crippen molar-refractivity contribution in [3.63, 3.8) is 0 Å². The molecule has 0 bridgehead atoms. The molecule has 142 valence electrons. The highest BCUT2D eigenvalue weighted by molar-refractivity contribution is 5.93. The number of anilines is 1. The van der Waals surface area contributed by atoms with Gasteiger partial charge in [-0.05, 0) is 25.0 Å². The summed E-state index contributed by atoms with van der Waals surface area (Å²) in [4.78, 5) is 25.8. The zero-order valence-corrected chi connectivity index (χ0v) is 14.5. The topological polar surface area (TPSA) is 88.6 Å². The molecular formula is C19H19F2N3O3. The van der Waals surface area contributed by atoms with E-state index < -0.39 is 35.0 Å². The summed E-state index contributed by atoms with van der Waals surface area (Å²) >= 11 is 0. The molecular weight excluding hydrogens is 356 g/mol. The average Bonchev–Trinajstić information content (AvgIpc) is 3.50. The van der Waals surface area contributed by atoms with Crippen molar-refractivity contribution in [2.75, 3.05) is 18.0 Å². The molecule has 2 heterocycles. The van der Waals surface area contributed by atoms with E-state index in [1.807, 2.05) is 4.90 Å². The van der Waals surface area contributed by atoms with Gasteiger partial charge in [0.1, 0.15) is 17.6 Å². The number of carbonyl (C=O) groups is 1. The molecule has 1 aliphatic heterocycles. The summed E-state index contributed by atoms with van der Waals surface area (Å²) in [5, 5.41) is 9.24. The maximum absolute atomic E-state index is 14.9. The fourth-order valence-electron chi connectivity index (χ4n) is 4.33. The normalized spacial score (nSPS) is 28.1. The molecule has 3 atom stereocenters. The largest absolute Gasteiger partial charge is 0.477 e. The van der Waals surface area contributed by atoms with Crippen LogP contribution in [-0.2, 0) is 0 Å². The van der Waals surface area contributed by atoms with Gasteiger partial charge in [0.05, 0.1) is 17.2 Å². The summed E-state index contributed by atoms with van der Waals surface area (Å²) in [7, 11) is 0. The number of fused-ring (bicyclic) bond motifs is 1. The summed E-state index contributed by atoms with van der Waals surface area (Å²) in [5.74, 6) is -2.00. The Morgan fingerprint density at radius 3 is 2.59 bits per heavy atom. The molecule has 2 aliphatic carbocycles. The van der Waals surface area contributed by atoms with Gasteiger partial charge in [0.2, 0.25) is 5.43 Å². The predicted molar refractivity (Wildman–Crippen MR) is 95.5 cm³/mol. The van der Waals surface area contributed by atoms with Crippen LogP contribution in [0.5, 0.6) is 0 Å². The molecule has 27 heavy (non-hydrogen) atoms. The van der Waals surface area contributed by atoms with Crippen LogP contribution >= 0.6 is 0 Å². The van der Waals surface area contributed by atoms with Crippen LogP contribution in [0.2, 0.25) is 0 Å². The number of alkyl halides is 1. The molecule has 3 fully saturated rings. The molecule has 1 spiro atoms. The lowest BCUT2D eigenvalue weighted by Gasteiger charge is -2.21. The lowest BCUT2D eigenvalue weighted by atomic mass is 10.0. The number of aromatic carboxylic acids is 1. The second-order valence-electron chi connectivity index (χ2n) is 8.07. The Morgan fingerprint density at radius 1 is 1.33 bits per heavy atom. The fourth-order valence-corrected chi connectivity index (χ4v) is 4.33. The number of benzene rings is 1. The third-order valence-corrected chi connectivity index (χ3v) is 6.31. The monoisotopic (exact) mass is 375 g/mol. The summed E-state index contributed by atoms with van der Waals surface area (Å²) in [6.45, 7) is 1.18. The number of halogens is 2. The molecule has 6 nitrogen and oxygen atoms in total. The van der Waals surface area contributed by atoms with Crippen molar-refractivity contribution in [1.82, 2.24) is 4.57 Å². The van der Waals surface area contributed by atoms with Crippen molar-refractivity contribution in [2.24, 2.45) is 11.1 Å². The number of rotatable bonds is 3. The van der Waals surface area contributed by atoms with Crippen LogP contribution in [0.4, 0.5) is 14.5 Å². The molecule has 2 saturated carbocycles. The molecule has 1 saturated heterocycles. The summed E-state index contributed by atoms with van der Waals surface area (Å²) in [6.07, 6.45) is 2.38. The van der Waals surface area contributed by atoms with Gasteiger partial charge >= 0.3 is 5.97 Å². The SMILES string of the molecule is NC1CN(c2cc3c(cc2F)c(=O)c(C(=O)O)cn3[C@@H]2C[C@@H]2F)CC12CC2. The van der Waals surface area contributed by atoms with Crippen LogP contribution in [0.25, 0.3) is 10.9 Å². The minimum atomic E-state index is -1.41.